The quantitative estimate of drug-likeness (QED) is 0.797. The lowest BCUT2D eigenvalue weighted by Gasteiger charge is -2.20. The zero-order valence-electron chi connectivity index (χ0n) is 12.3. The molecule has 0 saturated carbocycles. The summed E-state index contributed by atoms with van der Waals surface area (Å²) in [6.07, 6.45) is 9.12. The summed E-state index contributed by atoms with van der Waals surface area (Å²) in [4.78, 5) is 23.7. The van der Waals surface area contributed by atoms with Gasteiger partial charge in [0.15, 0.2) is 0 Å². The van der Waals surface area contributed by atoms with Gasteiger partial charge >= 0.3 is 0 Å². The lowest BCUT2D eigenvalue weighted by Crippen LogP contribution is -2.30. The third-order valence-corrected chi connectivity index (χ3v) is 4.73. The standard InChI is InChI=1S/C17H17N3OS/c1-13-8-11-20(15-4-2-3-5-16(15)22-13)17(21)7-6-14-12-18-9-10-19-14/h2-7,9-10,12-13H,8,11H2,1H3. The van der Waals surface area contributed by atoms with Crippen molar-refractivity contribution in [2.24, 2.45) is 0 Å². The number of benzene rings is 1. The topological polar surface area (TPSA) is 46.1 Å². The highest BCUT2D eigenvalue weighted by atomic mass is 32.2. The molecular formula is C17H17N3OS. The van der Waals surface area contributed by atoms with Gasteiger partial charge in [0, 0.05) is 35.2 Å². The average molecular weight is 311 g/mol. The first-order chi connectivity index (χ1) is 10.7. The monoisotopic (exact) mass is 311 g/mol. The first-order valence-corrected chi connectivity index (χ1v) is 8.13. The number of hydrogen-bond acceptors (Lipinski definition) is 4. The predicted molar refractivity (Wildman–Crippen MR) is 89.8 cm³/mol. The van der Waals surface area contributed by atoms with Crippen molar-refractivity contribution in [2.75, 3.05) is 11.4 Å². The molecule has 1 aromatic carbocycles. The highest BCUT2D eigenvalue weighted by Crippen LogP contribution is 2.37. The molecule has 0 aliphatic carbocycles. The number of aromatic nitrogens is 2. The Morgan fingerprint density at radius 1 is 1.36 bits per heavy atom. The van der Waals surface area contributed by atoms with E-state index >= 15 is 0 Å². The third kappa shape index (κ3) is 3.36. The normalized spacial score (nSPS) is 18.0. The van der Waals surface area contributed by atoms with Gasteiger partial charge in [-0.15, -0.1) is 11.8 Å². The molecule has 0 bridgehead atoms. The van der Waals surface area contributed by atoms with Gasteiger partial charge in [-0.3, -0.25) is 14.8 Å². The molecule has 0 saturated heterocycles. The van der Waals surface area contributed by atoms with Crippen molar-refractivity contribution >= 4 is 29.4 Å². The Kier molecular flexibility index (Phi) is 4.53. The first kappa shape index (κ1) is 14.8. The van der Waals surface area contributed by atoms with Gasteiger partial charge in [-0.05, 0) is 24.6 Å². The zero-order valence-corrected chi connectivity index (χ0v) is 13.2. The van der Waals surface area contributed by atoms with Gasteiger partial charge in [-0.2, -0.15) is 0 Å². The molecule has 1 aliphatic heterocycles. The maximum absolute atomic E-state index is 12.6. The number of rotatable bonds is 2. The fraction of sp³-hybridized carbons (Fsp3) is 0.235. The van der Waals surface area contributed by atoms with Gasteiger partial charge in [-0.25, -0.2) is 0 Å². The van der Waals surface area contributed by atoms with E-state index in [0.29, 0.717) is 10.9 Å². The highest BCUT2D eigenvalue weighted by molar-refractivity contribution is 8.00. The molecule has 3 rings (SSSR count). The summed E-state index contributed by atoms with van der Waals surface area (Å²) in [5.41, 5.74) is 1.67. The molecule has 112 valence electrons. The summed E-state index contributed by atoms with van der Waals surface area (Å²) in [6.45, 7) is 2.93. The molecule has 22 heavy (non-hydrogen) atoms. The van der Waals surface area contributed by atoms with Crippen LogP contribution in [0.4, 0.5) is 5.69 Å². The summed E-state index contributed by atoms with van der Waals surface area (Å²) in [7, 11) is 0. The molecule has 5 heteroatoms. The van der Waals surface area contributed by atoms with Crippen molar-refractivity contribution in [2.45, 2.75) is 23.5 Å². The van der Waals surface area contributed by atoms with Crippen LogP contribution in [0.5, 0.6) is 0 Å². The summed E-state index contributed by atoms with van der Waals surface area (Å²) in [5.74, 6) is -0.0206. The average Bonchev–Trinajstić information content (AvgIpc) is 2.72. The van der Waals surface area contributed by atoms with Crippen molar-refractivity contribution < 1.29 is 4.79 Å². The number of fused-ring (bicyclic) bond motifs is 1. The van der Waals surface area contributed by atoms with Crippen LogP contribution in [0, 0.1) is 0 Å². The number of anilines is 1. The lowest BCUT2D eigenvalue weighted by molar-refractivity contribution is -0.114. The van der Waals surface area contributed by atoms with Crippen LogP contribution >= 0.6 is 11.8 Å². The maximum Gasteiger partial charge on any atom is 0.251 e. The van der Waals surface area contributed by atoms with Gasteiger partial charge in [0.25, 0.3) is 5.91 Å². The Labute approximate surface area is 134 Å². The van der Waals surface area contributed by atoms with E-state index in [2.05, 4.69) is 23.0 Å². The number of carbonyl (C=O) groups excluding carboxylic acids is 1. The molecule has 2 heterocycles. The van der Waals surface area contributed by atoms with Gasteiger partial charge in [0.1, 0.15) is 0 Å². The summed E-state index contributed by atoms with van der Waals surface area (Å²) in [6, 6.07) is 8.08. The lowest BCUT2D eigenvalue weighted by atomic mass is 10.2. The van der Waals surface area contributed by atoms with Crippen molar-refractivity contribution in [3.63, 3.8) is 0 Å². The van der Waals surface area contributed by atoms with E-state index in [1.165, 1.54) is 0 Å². The number of thioether (sulfide) groups is 1. The summed E-state index contributed by atoms with van der Waals surface area (Å²) < 4.78 is 0. The molecule has 0 fully saturated rings. The Hall–Kier alpha value is -2.14. The number of hydrogen-bond donors (Lipinski definition) is 0. The predicted octanol–water partition coefficient (Wildman–Crippen LogP) is 3.41. The Morgan fingerprint density at radius 2 is 2.23 bits per heavy atom. The number of amides is 1. The molecule has 1 atom stereocenters. The maximum atomic E-state index is 12.6. The fourth-order valence-electron chi connectivity index (χ4n) is 2.36. The molecule has 0 spiro atoms. The van der Waals surface area contributed by atoms with Crippen LogP contribution in [0.25, 0.3) is 6.08 Å². The molecule has 1 unspecified atom stereocenters. The Bertz CT molecular complexity index is 687. The van der Waals surface area contributed by atoms with Crippen molar-refractivity contribution in [3.8, 4) is 0 Å². The Morgan fingerprint density at radius 3 is 3.05 bits per heavy atom. The zero-order chi connectivity index (χ0) is 15.4. The van der Waals surface area contributed by atoms with Crippen molar-refractivity contribution in [1.29, 1.82) is 0 Å². The van der Waals surface area contributed by atoms with Crippen LogP contribution in [0.15, 0.2) is 53.8 Å². The van der Waals surface area contributed by atoms with E-state index in [1.54, 1.807) is 30.7 Å². The van der Waals surface area contributed by atoms with Crippen LogP contribution in [-0.4, -0.2) is 27.7 Å². The molecule has 2 aromatic rings. The third-order valence-electron chi connectivity index (χ3n) is 3.49. The van der Waals surface area contributed by atoms with E-state index in [4.69, 9.17) is 0 Å². The number of para-hydroxylation sites is 1. The van der Waals surface area contributed by atoms with E-state index in [0.717, 1.165) is 23.5 Å². The van der Waals surface area contributed by atoms with Crippen molar-refractivity contribution in [3.05, 3.63) is 54.6 Å². The van der Waals surface area contributed by atoms with Crippen LogP contribution in [-0.2, 0) is 4.79 Å². The van der Waals surface area contributed by atoms with E-state index in [-0.39, 0.29) is 5.91 Å². The van der Waals surface area contributed by atoms with Crippen LogP contribution < -0.4 is 4.90 Å². The van der Waals surface area contributed by atoms with Gasteiger partial charge in [-0.1, -0.05) is 19.1 Å². The highest BCUT2D eigenvalue weighted by Gasteiger charge is 2.22. The molecule has 0 N–H and O–H groups in total. The first-order valence-electron chi connectivity index (χ1n) is 7.25. The van der Waals surface area contributed by atoms with Gasteiger partial charge < -0.3 is 4.90 Å². The Balaban J connectivity index is 1.84. The van der Waals surface area contributed by atoms with Gasteiger partial charge in [0.2, 0.25) is 0 Å². The molecule has 0 radical (unpaired) electrons. The van der Waals surface area contributed by atoms with Crippen LogP contribution in [0.1, 0.15) is 19.0 Å². The molecule has 4 nitrogen and oxygen atoms in total. The van der Waals surface area contributed by atoms with E-state index in [1.807, 2.05) is 34.9 Å². The fourth-order valence-corrected chi connectivity index (χ4v) is 3.47. The second-order valence-electron chi connectivity index (χ2n) is 5.14. The minimum atomic E-state index is -0.0206. The van der Waals surface area contributed by atoms with Crippen LogP contribution in [0.3, 0.4) is 0 Å². The molecule has 1 aromatic heterocycles. The smallest absolute Gasteiger partial charge is 0.251 e. The molecular weight excluding hydrogens is 294 g/mol. The SMILES string of the molecule is CC1CCN(C(=O)C=Cc2cnccn2)c2ccccc2S1. The van der Waals surface area contributed by atoms with Gasteiger partial charge in [0.05, 0.1) is 17.6 Å². The minimum absolute atomic E-state index is 0.0206. The largest absolute Gasteiger partial charge is 0.308 e. The van der Waals surface area contributed by atoms with Crippen LogP contribution in [0.2, 0.25) is 0 Å². The molecule has 1 aliphatic rings. The second kappa shape index (κ2) is 6.75. The number of carbonyl (C=O) groups is 1. The summed E-state index contributed by atoms with van der Waals surface area (Å²) >= 11 is 1.83. The second-order valence-corrected chi connectivity index (χ2v) is 6.62. The van der Waals surface area contributed by atoms with Crippen molar-refractivity contribution in [1.82, 2.24) is 9.97 Å². The molecule has 1 amide bonds. The minimum Gasteiger partial charge on any atom is -0.308 e. The van der Waals surface area contributed by atoms with E-state index in [9.17, 15) is 4.79 Å². The summed E-state index contributed by atoms with van der Waals surface area (Å²) in [5, 5.41) is 0.503. The number of nitrogens with zero attached hydrogens (tertiary/aromatic N) is 3. The van der Waals surface area contributed by atoms with E-state index < -0.39 is 0 Å².